The van der Waals surface area contributed by atoms with Gasteiger partial charge in [-0.2, -0.15) is 0 Å². The number of alkyl carbamates (subject to hydrolysis) is 1. The number of ether oxygens (including phenoxy) is 2. The predicted octanol–water partition coefficient (Wildman–Crippen LogP) is 3.04. The molecule has 3 rings (SSSR count). The van der Waals surface area contributed by atoms with E-state index in [1.54, 1.807) is 32.0 Å². The number of phenolic OH excluding ortho intramolecular Hbond substituents is 1. The van der Waals surface area contributed by atoms with Gasteiger partial charge in [0.2, 0.25) is 5.95 Å². The second-order valence-corrected chi connectivity index (χ2v) is 8.79. The van der Waals surface area contributed by atoms with Crippen LogP contribution in [-0.4, -0.2) is 59.3 Å². The minimum atomic E-state index is -1.15. The number of benzene rings is 2. The number of amides is 2. The SMILES string of the molecule is COC(=O)C(CNC(=O)OCc1ccccc1)NC(=O)c1c(C)nc(NCCCc2cccc(O)c2)nc1C. The lowest BCUT2D eigenvalue weighted by molar-refractivity contribution is -0.142. The molecule has 2 amide bonds. The lowest BCUT2D eigenvalue weighted by Crippen LogP contribution is -2.49. The molecule has 1 atom stereocenters. The first-order chi connectivity index (χ1) is 18.8. The van der Waals surface area contributed by atoms with Gasteiger partial charge in [0.1, 0.15) is 18.4 Å². The fraction of sp³-hybridized carbons (Fsp3) is 0.321. The molecule has 0 bridgehead atoms. The summed E-state index contributed by atoms with van der Waals surface area (Å²) in [4.78, 5) is 46.2. The third kappa shape index (κ3) is 8.99. The Morgan fingerprint density at radius 3 is 2.33 bits per heavy atom. The molecule has 1 aromatic heterocycles. The van der Waals surface area contributed by atoms with Gasteiger partial charge in [-0.3, -0.25) is 4.79 Å². The molecular formula is C28H33N5O6. The van der Waals surface area contributed by atoms with Gasteiger partial charge >= 0.3 is 12.1 Å². The van der Waals surface area contributed by atoms with Crippen LogP contribution in [0.2, 0.25) is 0 Å². The summed E-state index contributed by atoms with van der Waals surface area (Å²) < 4.78 is 9.93. The average molecular weight is 536 g/mol. The molecular weight excluding hydrogens is 502 g/mol. The first-order valence-corrected chi connectivity index (χ1v) is 12.5. The molecule has 11 heteroatoms. The van der Waals surface area contributed by atoms with Crippen LogP contribution in [0.25, 0.3) is 0 Å². The Morgan fingerprint density at radius 2 is 1.67 bits per heavy atom. The van der Waals surface area contributed by atoms with Crippen molar-refractivity contribution in [2.24, 2.45) is 0 Å². The maximum Gasteiger partial charge on any atom is 0.407 e. The Balaban J connectivity index is 1.54. The number of rotatable bonds is 12. The first-order valence-electron chi connectivity index (χ1n) is 12.5. The maximum atomic E-state index is 13.0. The summed E-state index contributed by atoms with van der Waals surface area (Å²) in [5.41, 5.74) is 2.91. The van der Waals surface area contributed by atoms with Crippen molar-refractivity contribution in [2.45, 2.75) is 39.3 Å². The van der Waals surface area contributed by atoms with Gasteiger partial charge in [-0.05, 0) is 49.9 Å². The van der Waals surface area contributed by atoms with Crippen molar-refractivity contribution in [3.05, 3.63) is 82.7 Å². The van der Waals surface area contributed by atoms with Crippen LogP contribution in [0, 0.1) is 13.8 Å². The molecule has 0 aliphatic carbocycles. The van der Waals surface area contributed by atoms with Crippen LogP contribution in [0.15, 0.2) is 54.6 Å². The molecule has 0 aliphatic heterocycles. The van der Waals surface area contributed by atoms with Crippen LogP contribution in [0.5, 0.6) is 5.75 Å². The third-order valence-electron chi connectivity index (χ3n) is 5.79. The third-order valence-corrected chi connectivity index (χ3v) is 5.79. The number of phenols is 1. The van der Waals surface area contributed by atoms with Crippen molar-refractivity contribution in [1.29, 1.82) is 0 Å². The fourth-order valence-corrected chi connectivity index (χ4v) is 3.85. The number of anilines is 1. The molecule has 4 N–H and O–H groups in total. The van der Waals surface area contributed by atoms with Gasteiger partial charge in [0.15, 0.2) is 0 Å². The minimum Gasteiger partial charge on any atom is -0.508 e. The van der Waals surface area contributed by atoms with Gasteiger partial charge in [0.05, 0.1) is 30.6 Å². The van der Waals surface area contributed by atoms with E-state index in [0.717, 1.165) is 24.0 Å². The van der Waals surface area contributed by atoms with Crippen LogP contribution in [-0.2, 0) is 27.3 Å². The zero-order valence-electron chi connectivity index (χ0n) is 22.2. The predicted molar refractivity (Wildman–Crippen MR) is 144 cm³/mol. The van der Waals surface area contributed by atoms with Crippen molar-refractivity contribution < 1.29 is 29.0 Å². The van der Waals surface area contributed by atoms with E-state index < -0.39 is 24.0 Å². The van der Waals surface area contributed by atoms with Crippen molar-refractivity contribution in [3.63, 3.8) is 0 Å². The van der Waals surface area contributed by atoms with E-state index >= 15 is 0 Å². The largest absolute Gasteiger partial charge is 0.508 e. The highest BCUT2D eigenvalue weighted by atomic mass is 16.5. The molecule has 0 saturated heterocycles. The van der Waals surface area contributed by atoms with Crippen molar-refractivity contribution in [2.75, 3.05) is 25.5 Å². The molecule has 206 valence electrons. The number of hydrogen-bond donors (Lipinski definition) is 4. The Bertz CT molecular complexity index is 1260. The van der Waals surface area contributed by atoms with Gasteiger partial charge in [-0.25, -0.2) is 19.6 Å². The number of esters is 1. The topological polar surface area (TPSA) is 152 Å². The normalized spacial score (nSPS) is 11.3. The molecule has 0 radical (unpaired) electrons. The zero-order chi connectivity index (χ0) is 28.2. The first kappa shape index (κ1) is 28.9. The summed E-state index contributed by atoms with van der Waals surface area (Å²) in [6.07, 6.45) is 0.814. The molecule has 39 heavy (non-hydrogen) atoms. The Kier molecular flexibility index (Phi) is 10.6. The van der Waals surface area contributed by atoms with E-state index in [1.165, 1.54) is 7.11 Å². The summed E-state index contributed by atoms with van der Waals surface area (Å²) >= 11 is 0. The number of nitrogens with zero attached hydrogens (tertiary/aromatic N) is 2. The van der Waals surface area contributed by atoms with E-state index in [4.69, 9.17) is 9.47 Å². The monoisotopic (exact) mass is 535 g/mol. The summed E-state index contributed by atoms with van der Waals surface area (Å²) in [5, 5.41) is 17.8. The van der Waals surface area contributed by atoms with Gasteiger partial charge in [0, 0.05) is 6.54 Å². The summed E-state index contributed by atoms with van der Waals surface area (Å²) in [5.74, 6) is -0.690. The van der Waals surface area contributed by atoms with Gasteiger partial charge < -0.3 is 30.5 Å². The molecule has 0 saturated carbocycles. The number of carbonyl (C=O) groups excluding carboxylic acids is 3. The number of nitrogens with one attached hydrogen (secondary N) is 3. The lowest BCUT2D eigenvalue weighted by Gasteiger charge is -2.18. The molecule has 0 aliphatic rings. The smallest absolute Gasteiger partial charge is 0.407 e. The minimum absolute atomic E-state index is 0.0634. The molecule has 3 aromatic rings. The Morgan fingerprint density at radius 1 is 0.974 bits per heavy atom. The number of carbonyl (C=O) groups is 3. The summed E-state index contributed by atoms with van der Waals surface area (Å²) in [7, 11) is 1.19. The molecule has 0 fully saturated rings. The molecule has 0 spiro atoms. The molecule has 2 aromatic carbocycles. The molecule has 1 unspecified atom stereocenters. The van der Waals surface area contributed by atoms with E-state index in [9.17, 15) is 19.5 Å². The summed E-state index contributed by atoms with van der Waals surface area (Å²) in [6, 6.07) is 15.1. The number of aromatic nitrogens is 2. The number of aryl methyl sites for hydroxylation is 3. The maximum absolute atomic E-state index is 13.0. The van der Waals surface area contributed by atoms with E-state index in [0.29, 0.717) is 23.9 Å². The molecule has 11 nitrogen and oxygen atoms in total. The number of methoxy groups -OCH3 is 1. The van der Waals surface area contributed by atoms with Crippen LogP contribution in [0.1, 0.15) is 39.3 Å². The highest BCUT2D eigenvalue weighted by molar-refractivity contribution is 5.98. The lowest BCUT2D eigenvalue weighted by atomic mass is 10.1. The standard InChI is InChI=1S/C28H33N5O6/c1-18-24(19(2)32-27(31-18)29-14-8-12-20-11-7-13-22(34)15-20)25(35)33-23(26(36)38-3)16-30-28(37)39-17-21-9-5-4-6-10-21/h4-7,9-11,13,15,23,34H,8,12,14,16-17H2,1-3H3,(H,30,37)(H,33,35)(H,29,31,32). The van der Waals surface area contributed by atoms with E-state index in [1.807, 2.05) is 36.4 Å². The van der Waals surface area contributed by atoms with Gasteiger partial charge in [-0.1, -0.05) is 42.5 Å². The molecule has 1 heterocycles. The number of hydrogen-bond acceptors (Lipinski definition) is 9. The van der Waals surface area contributed by atoms with Crippen LogP contribution in [0.3, 0.4) is 0 Å². The number of aromatic hydroxyl groups is 1. The van der Waals surface area contributed by atoms with Crippen molar-refractivity contribution >= 4 is 23.9 Å². The Hall–Kier alpha value is -4.67. The fourth-order valence-electron chi connectivity index (χ4n) is 3.85. The van der Waals surface area contributed by atoms with Crippen LogP contribution >= 0.6 is 0 Å². The van der Waals surface area contributed by atoms with E-state index in [2.05, 4.69) is 25.9 Å². The highest BCUT2D eigenvalue weighted by Gasteiger charge is 2.25. The average Bonchev–Trinajstić information content (AvgIpc) is 2.92. The van der Waals surface area contributed by atoms with E-state index in [-0.39, 0.29) is 24.5 Å². The highest BCUT2D eigenvalue weighted by Crippen LogP contribution is 2.15. The van der Waals surface area contributed by atoms with Crippen LogP contribution in [0.4, 0.5) is 10.7 Å². The Labute approximate surface area is 227 Å². The van der Waals surface area contributed by atoms with Crippen molar-refractivity contribution in [1.82, 2.24) is 20.6 Å². The van der Waals surface area contributed by atoms with Gasteiger partial charge in [-0.15, -0.1) is 0 Å². The second-order valence-electron chi connectivity index (χ2n) is 8.79. The van der Waals surface area contributed by atoms with Gasteiger partial charge in [0.25, 0.3) is 5.91 Å². The quantitative estimate of drug-likeness (QED) is 0.203. The second kappa shape index (κ2) is 14.3. The zero-order valence-corrected chi connectivity index (χ0v) is 22.2. The van der Waals surface area contributed by atoms with Crippen molar-refractivity contribution in [3.8, 4) is 5.75 Å². The van der Waals surface area contributed by atoms with Crippen LogP contribution < -0.4 is 16.0 Å². The summed E-state index contributed by atoms with van der Waals surface area (Å²) in [6.45, 7) is 3.77.